The minimum atomic E-state index is -4.81. The van der Waals surface area contributed by atoms with Gasteiger partial charge < -0.3 is 19.7 Å². The number of ether oxygens (including phenoxy) is 1. The number of nitrogens with zero attached hydrogens (tertiary/aromatic N) is 3. The van der Waals surface area contributed by atoms with Crippen molar-refractivity contribution < 1.29 is 45.4 Å². The number of carbonyl (C=O) groups is 2. The zero-order chi connectivity index (χ0) is 38.8. The SMILES string of the molecule is Cc1nc2cc(S(=O)(=O)N(C)c3ccc([C@H]4CC(O)C[C@]5(C(=O)Nc6ccc(C(F)(F)F)cc6F)C[C@]45C(=O)OCc4ccccc4)cc3)ccc2n1C. The number of aryl methyl sites for hydroxylation is 2. The van der Waals surface area contributed by atoms with Crippen LogP contribution >= 0.6 is 0 Å². The molecule has 0 saturated heterocycles. The van der Waals surface area contributed by atoms with Gasteiger partial charge in [0, 0.05) is 20.0 Å². The Morgan fingerprint density at radius 1 is 1.04 bits per heavy atom. The summed E-state index contributed by atoms with van der Waals surface area (Å²) in [5.74, 6) is -2.97. The number of aliphatic hydroxyl groups excluding tert-OH is 1. The van der Waals surface area contributed by atoms with E-state index in [1.807, 2.05) is 18.5 Å². The lowest BCUT2D eigenvalue weighted by Gasteiger charge is -2.38. The third-order valence-corrected chi connectivity index (χ3v) is 12.7. The Morgan fingerprint density at radius 3 is 2.41 bits per heavy atom. The normalized spacial score (nSPS) is 22.4. The number of hydrogen-bond acceptors (Lipinski definition) is 7. The predicted molar refractivity (Wildman–Crippen MR) is 191 cm³/mol. The van der Waals surface area contributed by atoms with Crippen LogP contribution in [0.5, 0.6) is 0 Å². The van der Waals surface area contributed by atoms with Gasteiger partial charge in [0.1, 0.15) is 18.2 Å². The van der Waals surface area contributed by atoms with Crippen molar-refractivity contribution in [2.75, 3.05) is 16.7 Å². The number of anilines is 2. The molecule has 15 heteroatoms. The fourth-order valence-corrected chi connectivity index (χ4v) is 9.08. The summed E-state index contributed by atoms with van der Waals surface area (Å²) in [6, 6.07) is 21.6. The number of sulfonamides is 1. The number of aliphatic hydroxyl groups is 1. The Labute approximate surface area is 308 Å². The Kier molecular flexibility index (Phi) is 9.08. The molecule has 2 saturated carbocycles. The van der Waals surface area contributed by atoms with Crippen molar-refractivity contribution in [3.05, 3.63) is 119 Å². The Balaban J connectivity index is 1.20. The number of benzene rings is 4. The smallest absolute Gasteiger partial charge is 0.416 e. The van der Waals surface area contributed by atoms with Crippen LogP contribution in [0.25, 0.3) is 11.0 Å². The first-order chi connectivity index (χ1) is 25.5. The van der Waals surface area contributed by atoms with E-state index in [1.165, 1.54) is 19.2 Å². The number of rotatable bonds is 9. The highest BCUT2D eigenvalue weighted by molar-refractivity contribution is 7.92. The van der Waals surface area contributed by atoms with E-state index < -0.39 is 68.0 Å². The quantitative estimate of drug-likeness (QED) is 0.124. The van der Waals surface area contributed by atoms with Gasteiger partial charge in [-0.3, -0.25) is 13.9 Å². The molecular formula is C39H36F4N4O6S. The van der Waals surface area contributed by atoms with Gasteiger partial charge in [0.2, 0.25) is 5.91 Å². The van der Waals surface area contributed by atoms with Crippen molar-refractivity contribution >= 4 is 44.3 Å². The third kappa shape index (κ3) is 6.18. The molecule has 0 spiro atoms. The van der Waals surface area contributed by atoms with Gasteiger partial charge >= 0.3 is 12.1 Å². The lowest BCUT2D eigenvalue weighted by atomic mass is 9.67. The van der Waals surface area contributed by atoms with Crippen LogP contribution in [0.3, 0.4) is 0 Å². The number of fused-ring (bicyclic) bond motifs is 2. The number of nitrogens with one attached hydrogen (secondary N) is 1. The largest absolute Gasteiger partial charge is 0.460 e. The topological polar surface area (TPSA) is 131 Å². The molecule has 2 N–H and O–H groups in total. The molecule has 4 aromatic carbocycles. The summed E-state index contributed by atoms with van der Waals surface area (Å²) in [5, 5.41) is 13.5. The van der Waals surface area contributed by atoms with Gasteiger partial charge in [0.25, 0.3) is 10.0 Å². The van der Waals surface area contributed by atoms with E-state index in [1.54, 1.807) is 60.7 Å². The van der Waals surface area contributed by atoms with Gasteiger partial charge in [-0.15, -0.1) is 0 Å². The Hall–Kier alpha value is -5.28. The predicted octanol–water partition coefficient (Wildman–Crippen LogP) is 6.86. The lowest BCUT2D eigenvalue weighted by Crippen LogP contribution is -2.44. The van der Waals surface area contributed by atoms with Crippen LogP contribution in [-0.4, -0.2) is 48.1 Å². The molecule has 2 aliphatic carbocycles. The van der Waals surface area contributed by atoms with Crippen molar-refractivity contribution in [1.29, 1.82) is 0 Å². The van der Waals surface area contributed by atoms with Crippen LogP contribution in [0.2, 0.25) is 0 Å². The van der Waals surface area contributed by atoms with Crippen molar-refractivity contribution in [3.63, 3.8) is 0 Å². The van der Waals surface area contributed by atoms with E-state index in [9.17, 15) is 40.7 Å². The van der Waals surface area contributed by atoms with Gasteiger partial charge in [-0.2, -0.15) is 13.2 Å². The number of imidazole rings is 1. The first-order valence-corrected chi connectivity index (χ1v) is 18.5. The first kappa shape index (κ1) is 37.1. The van der Waals surface area contributed by atoms with Crippen LogP contribution in [0.1, 0.15) is 47.7 Å². The van der Waals surface area contributed by atoms with Crippen LogP contribution in [0, 0.1) is 23.6 Å². The van der Waals surface area contributed by atoms with E-state index >= 15 is 0 Å². The third-order valence-electron chi connectivity index (χ3n) is 10.9. The van der Waals surface area contributed by atoms with E-state index in [0.717, 1.165) is 21.7 Å². The molecule has 2 aliphatic rings. The Bertz CT molecular complexity index is 2390. The van der Waals surface area contributed by atoms with Gasteiger partial charge in [-0.25, -0.2) is 17.8 Å². The minimum Gasteiger partial charge on any atom is -0.460 e. The monoisotopic (exact) mass is 764 g/mol. The maximum absolute atomic E-state index is 14.9. The molecule has 4 atom stereocenters. The highest BCUT2D eigenvalue weighted by Crippen LogP contribution is 2.76. The standard InChI is InChI=1S/C39H36F4N4O6S/c1-23-44-33-19-29(14-16-34(33)46(23)2)54(51,52)47(3)27-12-9-25(10-13-27)30-18-28(48)20-37(22-38(30,37)36(50)53-21-24-7-5-4-6-8-24)35(49)45-32-15-11-26(17-31(32)40)39(41,42)43/h4-17,19,28,30,48H,18,20-22H2,1-3H3,(H,45,49)/t28?,30-,37-,38-/m1/s1. The summed E-state index contributed by atoms with van der Waals surface area (Å²) < 4.78 is 90.7. The average molecular weight is 765 g/mol. The lowest BCUT2D eigenvalue weighted by molar-refractivity contribution is -0.158. The van der Waals surface area contributed by atoms with Crippen molar-refractivity contribution in [3.8, 4) is 0 Å². The molecule has 0 radical (unpaired) electrons. The fraction of sp³-hybridized carbons (Fsp3) is 0.308. The molecule has 1 aromatic heterocycles. The summed E-state index contributed by atoms with van der Waals surface area (Å²) in [6.07, 6.45) is -6.13. The molecule has 1 unspecified atom stereocenters. The fourth-order valence-electron chi connectivity index (χ4n) is 7.87. The molecule has 282 valence electrons. The summed E-state index contributed by atoms with van der Waals surface area (Å²) in [6.45, 7) is 1.70. The second-order valence-electron chi connectivity index (χ2n) is 14.0. The average Bonchev–Trinajstić information content (AvgIpc) is 3.77. The second-order valence-corrected chi connectivity index (χ2v) is 16.0. The van der Waals surface area contributed by atoms with E-state index in [2.05, 4.69) is 10.3 Å². The molecule has 10 nitrogen and oxygen atoms in total. The molecule has 2 fully saturated rings. The second kappa shape index (κ2) is 13.2. The van der Waals surface area contributed by atoms with Gasteiger partial charge in [0.15, 0.2) is 0 Å². The summed E-state index contributed by atoms with van der Waals surface area (Å²) in [5.41, 5.74) is -2.08. The number of esters is 1. The number of halogens is 4. The molecule has 0 bridgehead atoms. The Morgan fingerprint density at radius 2 is 1.74 bits per heavy atom. The first-order valence-electron chi connectivity index (χ1n) is 17.1. The molecule has 1 heterocycles. The number of amides is 1. The van der Waals surface area contributed by atoms with Crippen molar-refractivity contribution in [2.24, 2.45) is 17.9 Å². The van der Waals surface area contributed by atoms with Gasteiger partial charge in [0.05, 0.1) is 49.8 Å². The minimum absolute atomic E-state index is 0.0356. The molecule has 54 heavy (non-hydrogen) atoms. The molecule has 1 amide bonds. The highest BCUT2D eigenvalue weighted by Gasteiger charge is 2.81. The van der Waals surface area contributed by atoms with Crippen LogP contribution in [0.4, 0.5) is 28.9 Å². The summed E-state index contributed by atoms with van der Waals surface area (Å²) in [7, 11) is -0.797. The van der Waals surface area contributed by atoms with Gasteiger partial charge in [-0.1, -0.05) is 42.5 Å². The maximum atomic E-state index is 14.9. The van der Waals surface area contributed by atoms with Crippen LogP contribution in [-0.2, 0) is 44.2 Å². The van der Waals surface area contributed by atoms with E-state index in [0.29, 0.717) is 28.4 Å². The molecular weight excluding hydrogens is 729 g/mol. The number of hydrogen-bond donors (Lipinski definition) is 2. The number of carbonyl (C=O) groups excluding carboxylic acids is 2. The zero-order valence-electron chi connectivity index (χ0n) is 29.4. The molecule has 0 aliphatic heterocycles. The van der Waals surface area contributed by atoms with Crippen LogP contribution < -0.4 is 9.62 Å². The van der Waals surface area contributed by atoms with E-state index in [4.69, 9.17) is 4.74 Å². The van der Waals surface area contributed by atoms with E-state index in [-0.39, 0.29) is 36.8 Å². The summed E-state index contributed by atoms with van der Waals surface area (Å²) in [4.78, 5) is 32.8. The highest BCUT2D eigenvalue weighted by atomic mass is 32.2. The summed E-state index contributed by atoms with van der Waals surface area (Å²) >= 11 is 0. The zero-order valence-corrected chi connectivity index (χ0v) is 30.2. The van der Waals surface area contributed by atoms with Crippen molar-refractivity contribution in [2.45, 2.75) is 55.9 Å². The molecule has 7 rings (SSSR count). The van der Waals surface area contributed by atoms with Gasteiger partial charge in [-0.05, 0) is 85.8 Å². The maximum Gasteiger partial charge on any atom is 0.416 e. The number of aromatic nitrogens is 2. The molecule has 5 aromatic rings. The van der Waals surface area contributed by atoms with Crippen molar-refractivity contribution in [1.82, 2.24) is 9.55 Å². The van der Waals surface area contributed by atoms with Crippen LogP contribution in [0.15, 0.2) is 95.9 Å². The number of alkyl halides is 3.